The van der Waals surface area contributed by atoms with E-state index in [0.717, 1.165) is 31.7 Å². The average Bonchev–Trinajstić information content (AvgIpc) is 2.69. The van der Waals surface area contributed by atoms with E-state index in [9.17, 15) is 4.79 Å². The van der Waals surface area contributed by atoms with Crippen LogP contribution in [0.5, 0.6) is 5.88 Å². The first-order valence-electron chi connectivity index (χ1n) is 8.81. The summed E-state index contributed by atoms with van der Waals surface area (Å²) in [5, 5.41) is 0. The van der Waals surface area contributed by atoms with Crippen LogP contribution < -0.4 is 9.64 Å². The van der Waals surface area contributed by atoms with E-state index in [-0.39, 0.29) is 5.91 Å². The number of hydrogen-bond donors (Lipinski definition) is 0. The third-order valence-electron chi connectivity index (χ3n) is 4.42. The van der Waals surface area contributed by atoms with Crippen LogP contribution in [0.2, 0.25) is 0 Å². The lowest BCUT2D eigenvalue weighted by Gasteiger charge is -2.22. The van der Waals surface area contributed by atoms with Crippen molar-refractivity contribution in [3.8, 4) is 5.88 Å². The molecule has 1 saturated heterocycles. The summed E-state index contributed by atoms with van der Waals surface area (Å²) < 4.78 is 11.2. The van der Waals surface area contributed by atoms with Crippen LogP contribution in [0.1, 0.15) is 30.1 Å². The molecule has 3 rings (SSSR count). The first-order valence-corrected chi connectivity index (χ1v) is 8.81. The maximum Gasteiger partial charge on any atom is 0.258 e. The zero-order valence-corrected chi connectivity index (χ0v) is 14.6. The van der Waals surface area contributed by atoms with Gasteiger partial charge in [-0.3, -0.25) is 4.79 Å². The molecule has 132 valence electrons. The minimum Gasteiger partial charge on any atom is -0.477 e. The number of carbonyl (C=O) groups excluding carboxylic acids is 1. The monoisotopic (exact) mass is 340 g/mol. The van der Waals surface area contributed by atoms with Crippen LogP contribution in [0.3, 0.4) is 0 Å². The van der Waals surface area contributed by atoms with Gasteiger partial charge in [0.2, 0.25) is 5.88 Å². The molecule has 1 aliphatic rings. The van der Waals surface area contributed by atoms with Crippen molar-refractivity contribution < 1.29 is 14.3 Å². The summed E-state index contributed by atoms with van der Waals surface area (Å²) in [6, 6.07) is 13.1. The van der Waals surface area contributed by atoms with E-state index >= 15 is 0 Å². The topological polar surface area (TPSA) is 51.7 Å². The summed E-state index contributed by atoms with van der Waals surface area (Å²) in [5.74, 6) is 0.944. The van der Waals surface area contributed by atoms with Gasteiger partial charge in [0.15, 0.2) is 0 Å². The minimum atomic E-state index is -0.0491. The zero-order chi connectivity index (χ0) is 17.5. The Bertz CT molecular complexity index is 684. The summed E-state index contributed by atoms with van der Waals surface area (Å²) in [6.07, 6.45) is 3.65. The minimum absolute atomic E-state index is 0.0491. The average molecular weight is 340 g/mol. The van der Waals surface area contributed by atoms with Gasteiger partial charge in [-0.15, -0.1) is 0 Å². The largest absolute Gasteiger partial charge is 0.477 e. The van der Waals surface area contributed by atoms with Crippen molar-refractivity contribution in [1.82, 2.24) is 4.98 Å². The number of para-hydroxylation sites is 1. The van der Waals surface area contributed by atoms with Crippen LogP contribution in [-0.4, -0.2) is 37.3 Å². The van der Waals surface area contributed by atoms with Crippen molar-refractivity contribution in [3.05, 3.63) is 54.2 Å². The van der Waals surface area contributed by atoms with E-state index in [1.807, 2.05) is 37.3 Å². The molecule has 1 aliphatic heterocycles. The van der Waals surface area contributed by atoms with E-state index in [0.29, 0.717) is 30.5 Å². The van der Waals surface area contributed by atoms with Gasteiger partial charge in [0.05, 0.1) is 6.61 Å². The van der Waals surface area contributed by atoms with Gasteiger partial charge in [0.25, 0.3) is 5.91 Å². The number of nitrogens with zero attached hydrogens (tertiary/aromatic N) is 2. The highest BCUT2D eigenvalue weighted by atomic mass is 16.5. The van der Waals surface area contributed by atoms with Crippen LogP contribution in [0.25, 0.3) is 0 Å². The lowest BCUT2D eigenvalue weighted by Crippen LogP contribution is -2.30. The quantitative estimate of drug-likeness (QED) is 0.807. The van der Waals surface area contributed by atoms with Crippen molar-refractivity contribution in [2.75, 3.05) is 31.3 Å². The summed E-state index contributed by atoms with van der Waals surface area (Å²) in [5.41, 5.74) is 1.47. The van der Waals surface area contributed by atoms with Crippen molar-refractivity contribution in [2.45, 2.75) is 19.8 Å². The Balaban J connectivity index is 1.68. The van der Waals surface area contributed by atoms with Crippen LogP contribution in [0.4, 0.5) is 5.69 Å². The van der Waals surface area contributed by atoms with Gasteiger partial charge in [-0.2, -0.15) is 0 Å². The van der Waals surface area contributed by atoms with Crippen LogP contribution in [0, 0.1) is 5.92 Å². The molecule has 0 saturated carbocycles. The van der Waals surface area contributed by atoms with Gasteiger partial charge in [-0.05, 0) is 43.9 Å². The maximum absolute atomic E-state index is 12.9. The normalized spacial score (nSPS) is 14.9. The maximum atomic E-state index is 12.9. The van der Waals surface area contributed by atoms with E-state index in [4.69, 9.17) is 9.47 Å². The zero-order valence-electron chi connectivity index (χ0n) is 14.6. The Kier molecular flexibility index (Phi) is 6.01. The Morgan fingerprint density at radius 1 is 1.24 bits per heavy atom. The third-order valence-corrected chi connectivity index (χ3v) is 4.42. The molecule has 2 aromatic rings. The Hall–Kier alpha value is -2.40. The first kappa shape index (κ1) is 17.4. The molecule has 1 aromatic heterocycles. The molecule has 2 heterocycles. The first-order chi connectivity index (χ1) is 12.3. The molecule has 1 fully saturated rings. The number of ether oxygens (including phenoxy) is 2. The molecule has 1 amide bonds. The Labute approximate surface area is 148 Å². The standard InChI is InChI=1S/C20H24N2O3/c1-2-22(18-6-4-3-5-7-18)20(23)17-8-11-21-19(14-17)25-15-16-9-12-24-13-10-16/h3-8,11,14,16H,2,9-10,12-13,15H2,1H3. The van der Waals surface area contributed by atoms with Crippen molar-refractivity contribution in [2.24, 2.45) is 5.92 Å². The number of amides is 1. The molecule has 1 aromatic carbocycles. The SMILES string of the molecule is CCN(C(=O)c1ccnc(OCC2CCOCC2)c1)c1ccccc1. The lowest BCUT2D eigenvalue weighted by molar-refractivity contribution is 0.0490. The molecule has 5 nitrogen and oxygen atoms in total. The molecule has 0 atom stereocenters. The second kappa shape index (κ2) is 8.62. The second-order valence-corrected chi connectivity index (χ2v) is 6.13. The van der Waals surface area contributed by atoms with Gasteiger partial charge in [-0.25, -0.2) is 4.98 Å². The predicted octanol–water partition coefficient (Wildman–Crippen LogP) is 3.55. The van der Waals surface area contributed by atoms with Gasteiger partial charge in [-0.1, -0.05) is 18.2 Å². The number of rotatable bonds is 6. The number of carbonyl (C=O) groups is 1. The fourth-order valence-corrected chi connectivity index (χ4v) is 2.94. The fraction of sp³-hybridized carbons (Fsp3) is 0.400. The summed E-state index contributed by atoms with van der Waals surface area (Å²) in [6.45, 7) is 4.77. The number of anilines is 1. The molecule has 0 unspecified atom stereocenters. The van der Waals surface area contributed by atoms with Gasteiger partial charge < -0.3 is 14.4 Å². The lowest BCUT2D eigenvalue weighted by atomic mass is 10.0. The predicted molar refractivity (Wildman–Crippen MR) is 97.1 cm³/mol. The second-order valence-electron chi connectivity index (χ2n) is 6.13. The fourth-order valence-electron chi connectivity index (χ4n) is 2.94. The van der Waals surface area contributed by atoms with Crippen LogP contribution >= 0.6 is 0 Å². The van der Waals surface area contributed by atoms with E-state index in [1.165, 1.54) is 0 Å². The number of hydrogen-bond acceptors (Lipinski definition) is 4. The molecule has 25 heavy (non-hydrogen) atoms. The summed E-state index contributed by atoms with van der Waals surface area (Å²) in [7, 11) is 0. The summed E-state index contributed by atoms with van der Waals surface area (Å²) >= 11 is 0. The molecule has 0 radical (unpaired) electrons. The van der Waals surface area contributed by atoms with Crippen molar-refractivity contribution in [3.63, 3.8) is 0 Å². The molecule has 0 bridgehead atoms. The van der Waals surface area contributed by atoms with Gasteiger partial charge in [0, 0.05) is 43.3 Å². The summed E-state index contributed by atoms with van der Waals surface area (Å²) in [4.78, 5) is 18.8. The number of pyridine rings is 1. The number of aromatic nitrogens is 1. The van der Waals surface area contributed by atoms with E-state index in [2.05, 4.69) is 4.98 Å². The highest BCUT2D eigenvalue weighted by Gasteiger charge is 2.18. The van der Waals surface area contributed by atoms with Gasteiger partial charge in [0.1, 0.15) is 0 Å². The third kappa shape index (κ3) is 4.57. The molecular weight excluding hydrogens is 316 g/mol. The van der Waals surface area contributed by atoms with Crippen LogP contribution in [0.15, 0.2) is 48.7 Å². The molecular formula is C20H24N2O3. The molecule has 0 aliphatic carbocycles. The van der Waals surface area contributed by atoms with E-state index in [1.54, 1.807) is 23.2 Å². The smallest absolute Gasteiger partial charge is 0.258 e. The highest BCUT2D eigenvalue weighted by molar-refractivity contribution is 6.06. The molecule has 0 spiro atoms. The van der Waals surface area contributed by atoms with Crippen molar-refractivity contribution in [1.29, 1.82) is 0 Å². The van der Waals surface area contributed by atoms with E-state index < -0.39 is 0 Å². The van der Waals surface area contributed by atoms with Crippen LogP contribution in [-0.2, 0) is 4.74 Å². The molecule has 0 N–H and O–H groups in total. The highest BCUT2D eigenvalue weighted by Crippen LogP contribution is 2.20. The Morgan fingerprint density at radius 2 is 2.00 bits per heavy atom. The van der Waals surface area contributed by atoms with Gasteiger partial charge >= 0.3 is 0 Å². The van der Waals surface area contributed by atoms with Crippen molar-refractivity contribution >= 4 is 11.6 Å². The Morgan fingerprint density at radius 3 is 2.72 bits per heavy atom. The number of benzene rings is 1. The molecule has 5 heteroatoms.